The predicted octanol–water partition coefficient (Wildman–Crippen LogP) is 34.2. The number of fused-ring (bicyclic) bond motifs is 34. The fourth-order valence-corrected chi connectivity index (χ4v) is 27.1. The summed E-state index contributed by atoms with van der Waals surface area (Å²) in [5.74, 6) is 3.59. The van der Waals surface area contributed by atoms with Gasteiger partial charge in [0.05, 0.1) is 44.4 Å². The number of nitrogens with zero attached hydrogens (tertiary/aromatic N) is 8. The Morgan fingerprint density at radius 2 is 0.453 bits per heavy atom. The second kappa shape index (κ2) is 33.0. The molecule has 0 atom stereocenters. The zero-order valence-electron chi connectivity index (χ0n) is 81.4. The summed E-state index contributed by atoms with van der Waals surface area (Å²) < 4.78 is 0. The van der Waals surface area contributed by atoms with Crippen LogP contribution in [-0.2, 0) is 21.7 Å². The standard InChI is InChI=1S/C142H88N8/c1-4-39-91(40-5-1)133-144-136(99-75-74-89-38-10-11-43-93(89)84-99)147-137(145-133)109-55-17-14-50-103(109)97-79-83-131-127(88-97)142(119-65-28-24-61-115(119)139(116-62-25-29-66-120(116)142)112-58-21-18-53-107(112)108-54-19-22-59-113(108)139)124-70-33-35-73-129(124)150(131)101-80-76-90(77-81-101)104-57-37-71-125-132(104)110-56-20-23-60-114(110)140(125)117-63-26-30-67-121(117)141(122-68-31-27-64-118(122)140)123-69-32-34-72-128(123)149(100-47-8-3-9-48-100)130-82-78-95(87-126(130)141)94-45-36-46-98(85-94)135-143-134(92-41-6-2-7-42-92)146-138(148-135)111-86-96-44-12-13-49-102(96)105-51-15-16-52-106(105)111/h1-88H. The zero-order chi connectivity index (χ0) is 98.5. The minimum atomic E-state index is -0.907. The van der Waals surface area contributed by atoms with Gasteiger partial charge in [-0.1, -0.05) is 455 Å². The molecule has 0 saturated heterocycles. The van der Waals surface area contributed by atoms with Gasteiger partial charge in [0.2, 0.25) is 0 Å². The lowest BCUT2D eigenvalue weighted by molar-refractivity contribution is 0.619. The van der Waals surface area contributed by atoms with Crippen LogP contribution in [0, 0.1) is 0 Å². The van der Waals surface area contributed by atoms with Gasteiger partial charge in [-0.3, -0.25) is 0 Å². The van der Waals surface area contributed by atoms with Crippen molar-refractivity contribution < 1.29 is 0 Å². The SMILES string of the molecule is c1ccc(-c2nc(-c3ccc4ccccc4c3)nc(-c3ccccc3-c3ccc4c(c3)C3(c5ccccc5N4c4ccc(-c5cccc6c5-c5ccccc5C65c6ccccc6C6(c7ccccc7N(c7ccccc7)c7ccc(-c8cccc(-c9nc(-c%10ccccc%10)nc(-c%10cc%11ccccc%11c%11ccccc%10%11)n9)c8)cc76)c6ccccc65)cc4)c4ccccc4C4(c5ccccc5-c5ccccc54)c4ccccc43)n2)cc1. The summed E-state index contributed by atoms with van der Waals surface area (Å²) in [5.41, 5.74) is 39.6. The maximum atomic E-state index is 5.53. The number of hydrogen-bond acceptors (Lipinski definition) is 8. The summed E-state index contributed by atoms with van der Waals surface area (Å²) in [6.45, 7) is 0. The van der Waals surface area contributed by atoms with Gasteiger partial charge in [0.25, 0.3) is 0 Å². The molecule has 150 heavy (non-hydrogen) atoms. The molecule has 0 N–H and O–H groups in total. The van der Waals surface area contributed by atoms with Crippen molar-refractivity contribution in [3.63, 3.8) is 0 Å². The van der Waals surface area contributed by atoms with Gasteiger partial charge in [-0.25, -0.2) is 29.9 Å². The Labute approximate surface area is 868 Å². The van der Waals surface area contributed by atoms with Gasteiger partial charge in [0, 0.05) is 44.8 Å². The van der Waals surface area contributed by atoms with Crippen LogP contribution < -0.4 is 9.80 Å². The Hall–Kier alpha value is -19.5. The van der Waals surface area contributed by atoms with Gasteiger partial charge in [-0.15, -0.1) is 0 Å². The van der Waals surface area contributed by atoms with Gasteiger partial charge in [0.1, 0.15) is 0 Å². The molecule has 4 spiro atoms. The lowest BCUT2D eigenvalue weighted by Crippen LogP contribution is -2.47. The van der Waals surface area contributed by atoms with E-state index in [1.807, 2.05) is 12.1 Å². The molecule has 0 amide bonds. The van der Waals surface area contributed by atoms with E-state index in [-0.39, 0.29) is 0 Å². The minimum Gasteiger partial charge on any atom is -0.310 e. The van der Waals surface area contributed by atoms with E-state index in [0.29, 0.717) is 34.9 Å². The average Bonchev–Trinajstić information content (AvgIpc) is 1.55. The Morgan fingerprint density at radius 3 is 1.00 bits per heavy atom. The van der Waals surface area contributed by atoms with Crippen LogP contribution in [0.5, 0.6) is 0 Å². The van der Waals surface area contributed by atoms with Crippen LogP contribution in [0.4, 0.5) is 34.1 Å². The van der Waals surface area contributed by atoms with Gasteiger partial charge < -0.3 is 9.80 Å². The van der Waals surface area contributed by atoms with Crippen LogP contribution in [0.25, 0.3) is 156 Å². The Kier molecular flexibility index (Phi) is 18.7. The average molecular weight is 1910 g/mol. The van der Waals surface area contributed by atoms with Crippen molar-refractivity contribution in [2.75, 3.05) is 9.80 Å². The summed E-state index contributed by atoms with van der Waals surface area (Å²) in [6.07, 6.45) is 0. The van der Waals surface area contributed by atoms with Crippen LogP contribution in [-0.4, -0.2) is 29.9 Å². The normalized spacial score (nSPS) is 14.1. The maximum absolute atomic E-state index is 5.53. The quantitative estimate of drug-likeness (QED) is 0.118. The molecule has 8 nitrogen and oxygen atoms in total. The largest absolute Gasteiger partial charge is 0.310 e. The first-order chi connectivity index (χ1) is 74.4. The van der Waals surface area contributed by atoms with Gasteiger partial charge >= 0.3 is 0 Å². The molecular formula is C142H88N8. The smallest absolute Gasteiger partial charge is 0.164 e. The van der Waals surface area contributed by atoms with E-state index in [1.165, 1.54) is 111 Å². The summed E-state index contributed by atoms with van der Waals surface area (Å²) in [7, 11) is 0. The van der Waals surface area contributed by atoms with Crippen molar-refractivity contribution in [1.82, 2.24) is 29.9 Å². The van der Waals surface area contributed by atoms with Crippen molar-refractivity contribution in [3.8, 4) is 124 Å². The lowest BCUT2D eigenvalue weighted by atomic mass is 9.50. The number of rotatable bonds is 11. The fourth-order valence-electron chi connectivity index (χ4n) is 27.1. The highest BCUT2D eigenvalue weighted by Crippen LogP contribution is 2.72. The van der Waals surface area contributed by atoms with Crippen molar-refractivity contribution in [3.05, 3.63) is 623 Å². The van der Waals surface area contributed by atoms with Crippen LogP contribution >= 0.6 is 0 Å². The Bertz CT molecular complexity index is 9820. The van der Waals surface area contributed by atoms with Gasteiger partial charge in [0.15, 0.2) is 34.9 Å². The third-order valence-corrected chi connectivity index (χ3v) is 33.1. The highest BCUT2D eigenvalue weighted by atomic mass is 15.2. The topological polar surface area (TPSA) is 83.8 Å². The molecule has 0 saturated carbocycles. The number of aromatic nitrogens is 6. The van der Waals surface area contributed by atoms with E-state index in [1.54, 1.807) is 0 Å². The molecule has 0 unspecified atom stereocenters. The monoisotopic (exact) mass is 1900 g/mol. The first-order valence-electron chi connectivity index (χ1n) is 51.7. The summed E-state index contributed by atoms with van der Waals surface area (Å²) >= 11 is 0. The van der Waals surface area contributed by atoms with Crippen LogP contribution in [0.1, 0.15) is 89.0 Å². The number of anilines is 6. The van der Waals surface area contributed by atoms with Crippen molar-refractivity contribution >= 4 is 66.4 Å². The molecule has 0 bridgehead atoms. The molecule has 6 aliphatic rings. The van der Waals surface area contributed by atoms with E-state index < -0.39 is 21.7 Å². The molecule has 0 fully saturated rings. The number of hydrogen-bond donors (Lipinski definition) is 0. The van der Waals surface area contributed by atoms with Gasteiger partial charge in [-0.05, 0) is 256 Å². The van der Waals surface area contributed by atoms with Crippen molar-refractivity contribution in [2.24, 2.45) is 0 Å². The molecule has 0 radical (unpaired) electrons. The molecule has 2 aromatic heterocycles. The van der Waals surface area contributed by atoms with Crippen LogP contribution in [0.2, 0.25) is 0 Å². The fraction of sp³-hybridized carbons (Fsp3) is 0.0282. The third-order valence-electron chi connectivity index (χ3n) is 33.1. The highest BCUT2D eigenvalue weighted by Gasteiger charge is 2.62. The first kappa shape index (κ1) is 84.9. The lowest BCUT2D eigenvalue weighted by Gasteiger charge is -2.53. The molecule has 23 aromatic carbocycles. The molecule has 8 heteroatoms. The molecule has 31 rings (SSSR count). The third kappa shape index (κ3) is 12.0. The Morgan fingerprint density at radius 1 is 0.133 bits per heavy atom. The first-order valence-corrected chi connectivity index (χ1v) is 51.7. The molecule has 696 valence electrons. The van der Waals surface area contributed by atoms with E-state index in [0.717, 1.165) is 133 Å². The molecule has 4 heterocycles. The van der Waals surface area contributed by atoms with Crippen LogP contribution in [0.3, 0.4) is 0 Å². The van der Waals surface area contributed by atoms with E-state index in [9.17, 15) is 0 Å². The second-order valence-electron chi connectivity index (χ2n) is 40.3. The predicted molar refractivity (Wildman–Crippen MR) is 609 cm³/mol. The minimum absolute atomic E-state index is 0.584. The molecule has 2 aliphatic heterocycles. The molecule has 25 aromatic rings. The van der Waals surface area contributed by atoms with E-state index in [2.05, 4.69) is 532 Å². The van der Waals surface area contributed by atoms with E-state index >= 15 is 0 Å². The molecular weight excluding hydrogens is 1820 g/mol. The second-order valence-corrected chi connectivity index (χ2v) is 40.3. The highest BCUT2D eigenvalue weighted by molar-refractivity contribution is 6.14. The Balaban J connectivity index is 0.575. The van der Waals surface area contributed by atoms with E-state index in [4.69, 9.17) is 29.9 Å². The van der Waals surface area contributed by atoms with Crippen molar-refractivity contribution in [1.29, 1.82) is 0 Å². The summed E-state index contributed by atoms with van der Waals surface area (Å²) in [4.78, 5) is 37.6. The number of para-hydroxylation sites is 3. The summed E-state index contributed by atoms with van der Waals surface area (Å²) in [6, 6.07) is 199. The summed E-state index contributed by atoms with van der Waals surface area (Å²) in [5, 5.41) is 6.80. The number of benzene rings is 23. The van der Waals surface area contributed by atoms with Crippen LogP contribution in [0.15, 0.2) is 534 Å². The maximum Gasteiger partial charge on any atom is 0.164 e. The zero-order valence-corrected chi connectivity index (χ0v) is 81.4. The van der Waals surface area contributed by atoms with Gasteiger partial charge in [-0.2, -0.15) is 0 Å². The molecule has 4 aliphatic carbocycles. The van der Waals surface area contributed by atoms with Crippen molar-refractivity contribution in [2.45, 2.75) is 21.7 Å².